The largest absolute Gasteiger partial charge is 0.343 e. The number of amides is 5. The maximum absolute atomic E-state index is 12.6. The van der Waals surface area contributed by atoms with E-state index < -0.39 is 17.8 Å². The molecule has 1 aliphatic rings. The van der Waals surface area contributed by atoms with Crippen molar-refractivity contribution in [1.82, 2.24) is 15.3 Å². The minimum absolute atomic E-state index is 0.0149. The molecule has 1 heterocycles. The summed E-state index contributed by atoms with van der Waals surface area (Å²) in [7, 11) is 0. The first-order valence-electron chi connectivity index (χ1n) is 6.83. The molecule has 22 heavy (non-hydrogen) atoms. The Bertz CT molecular complexity index is 669. The number of imide groups is 2. The summed E-state index contributed by atoms with van der Waals surface area (Å²) in [6.45, 7) is 5.49. The van der Waals surface area contributed by atoms with Crippen molar-refractivity contribution < 1.29 is 19.2 Å². The fourth-order valence-electron chi connectivity index (χ4n) is 2.36. The molecule has 0 atom stereocenters. The van der Waals surface area contributed by atoms with Gasteiger partial charge in [0.25, 0.3) is 5.91 Å². The number of hydrogen-bond donors (Lipinski definition) is 1. The van der Waals surface area contributed by atoms with Gasteiger partial charge in [-0.3, -0.25) is 19.7 Å². The Morgan fingerprint density at radius 3 is 2.55 bits per heavy atom. The Kier molecular flexibility index (Phi) is 4.25. The van der Waals surface area contributed by atoms with Crippen LogP contribution in [0.15, 0.2) is 12.1 Å². The van der Waals surface area contributed by atoms with Crippen LogP contribution < -0.4 is 5.32 Å². The number of carbonyl (C=O) groups excluding carboxylic acids is 4. The summed E-state index contributed by atoms with van der Waals surface area (Å²) >= 11 is 0. The van der Waals surface area contributed by atoms with Crippen LogP contribution in [-0.4, -0.2) is 40.8 Å². The molecule has 7 nitrogen and oxygen atoms in total. The highest BCUT2D eigenvalue weighted by Crippen LogP contribution is 2.19. The standard InChI is InChI=1S/C15H17N3O4/c1-9-6-10(2)11(3)12(7-9)14(21)18(8-19)17-5-4-13(20)16-15(17)22/h6-8H,4-5H2,1-3H3,(H,16,20,22). The molecule has 1 N–H and O–H groups in total. The highest BCUT2D eigenvalue weighted by Gasteiger charge is 2.32. The first-order valence-corrected chi connectivity index (χ1v) is 6.83. The molecule has 2 rings (SSSR count). The molecule has 1 fully saturated rings. The number of urea groups is 1. The van der Waals surface area contributed by atoms with Gasteiger partial charge in [-0.1, -0.05) is 11.6 Å². The fourth-order valence-corrected chi connectivity index (χ4v) is 2.36. The molecule has 116 valence electrons. The molecular weight excluding hydrogens is 286 g/mol. The van der Waals surface area contributed by atoms with Crippen molar-refractivity contribution in [2.24, 2.45) is 0 Å². The van der Waals surface area contributed by atoms with Crippen LogP contribution in [0.25, 0.3) is 0 Å². The van der Waals surface area contributed by atoms with Crippen molar-refractivity contribution in [3.05, 3.63) is 34.4 Å². The van der Waals surface area contributed by atoms with E-state index in [4.69, 9.17) is 0 Å². The van der Waals surface area contributed by atoms with E-state index in [9.17, 15) is 19.2 Å². The summed E-state index contributed by atoms with van der Waals surface area (Å²) in [6.07, 6.45) is 0.323. The predicted octanol–water partition coefficient (Wildman–Crippen LogP) is 1.07. The van der Waals surface area contributed by atoms with E-state index in [2.05, 4.69) is 5.32 Å². The normalized spacial score (nSPS) is 14.6. The second-order valence-electron chi connectivity index (χ2n) is 5.24. The van der Waals surface area contributed by atoms with Crippen LogP contribution in [0.4, 0.5) is 4.79 Å². The smallest absolute Gasteiger partial charge is 0.276 e. The van der Waals surface area contributed by atoms with Gasteiger partial charge < -0.3 is 0 Å². The Hall–Kier alpha value is -2.70. The summed E-state index contributed by atoms with van der Waals surface area (Å²) in [5, 5.41) is 3.73. The average molecular weight is 303 g/mol. The highest BCUT2D eigenvalue weighted by atomic mass is 16.2. The minimum Gasteiger partial charge on any atom is -0.276 e. The van der Waals surface area contributed by atoms with E-state index in [0.717, 1.165) is 21.7 Å². The molecule has 5 amide bonds. The van der Waals surface area contributed by atoms with Crippen molar-refractivity contribution in [3.63, 3.8) is 0 Å². The molecule has 0 spiro atoms. The van der Waals surface area contributed by atoms with Crippen LogP contribution in [0.3, 0.4) is 0 Å². The molecule has 1 aromatic rings. The quantitative estimate of drug-likeness (QED) is 0.846. The molecule has 0 aromatic heterocycles. The van der Waals surface area contributed by atoms with Gasteiger partial charge in [0.2, 0.25) is 12.3 Å². The van der Waals surface area contributed by atoms with E-state index in [1.807, 2.05) is 19.9 Å². The van der Waals surface area contributed by atoms with E-state index in [1.165, 1.54) is 0 Å². The first kappa shape index (κ1) is 15.7. The van der Waals surface area contributed by atoms with Crippen molar-refractivity contribution >= 4 is 24.3 Å². The maximum atomic E-state index is 12.6. The molecule has 0 aliphatic carbocycles. The number of carbonyl (C=O) groups is 4. The summed E-state index contributed by atoms with van der Waals surface area (Å²) in [6, 6.07) is 2.83. The van der Waals surface area contributed by atoms with E-state index in [1.54, 1.807) is 13.0 Å². The zero-order valence-corrected chi connectivity index (χ0v) is 12.7. The van der Waals surface area contributed by atoms with Gasteiger partial charge in [-0.25, -0.2) is 9.80 Å². The zero-order chi connectivity index (χ0) is 16.4. The minimum atomic E-state index is -0.779. The Labute approximate surface area is 127 Å². The molecule has 1 saturated heterocycles. The number of hydrogen-bond acceptors (Lipinski definition) is 4. The van der Waals surface area contributed by atoms with Gasteiger partial charge in [0.05, 0.1) is 6.54 Å². The van der Waals surface area contributed by atoms with Gasteiger partial charge >= 0.3 is 6.03 Å². The number of aryl methyl sites for hydroxylation is 2. The molecule has 1 aliphatic heterocycles. The third-order valence-electron chi connectivity index (χ3n) is 3.64. The molecule has 0 radical (unpaired) electrons. The zero-order valence-electron chi connectivity index (χ0n) is 12.7. The van der Waals surface area contributed by atoms with E-state index in [-0.39, 0.29) is 19.4 Å². The summed E-state index contributed by atoms with van der Waals surface area (Å²) in [5.74, 6) is -1.02. The van der Waals surface area contributed by atoms with Crippen molar-refractivity contribution in [2.45, 2.75) is 27.2 Å². The van der Waals surface area contributed by atoms with Gasteiger partial charge in [0.15, 0.2) is 0 Å². The molecule has 0 saturated carbocycles. The van der Waals surface area contributed by atoms with Crippen molar-refractivity contribution in [2.75, 3.05) is 6.54 Å². The Morgan fingerprint density at radius 1 is 1.27 bits per heavy atom. The molecular formula is C15H17N3O4. The third kappa shape index (κ3) is 2.83. The van der Waals surface area contributed by atoms with Gasteiger partial charge in [0.1, 0.15) is 0 Å². The lowest BCUT2D eigenvalue weighted by atomic mass is 9.99. The lowest BCUT2D eigenvalue weighted by Crippen LogP contribution is -2.58. The SMILES string of the molecule is Cc1cc(C)c(C)c(C(=O)N(C=O)N2CCC(=O)NC2=O)c1. The molecule has 1 aromatic carbocycles. The number of rotatable bonds is 3. The summed E-state index contributed by atoms with van der Waals surface area (Å²) < 4.78 is 0. The average Bonchev–Trinajstić information content (AvgIpc) is 2.45. The van der Waals surface area contributed by atoms with E-state index in [0.29, 0.717) is 10.6 Å². The van der Waals surface area contributed by atoms with Gasteiger partial charge in [-0.2, -0.15) is 5.01 Å². The molecule has 7 heteroatoms. The van der Waals surface area contributed by atoms with Crippen molar-refractivity contribution in [3.8, 4) is 0 Å². The number of benzene rings is 1. The van der Waals surface area contributed by atoms with Crippen LogP contribution in [0.5, 0.6) is 0 Å². The molecule has 0 bridgehead atoms. The fraction of sp³-hybridized carbons (Fsp3) is 0.333. The second-order valence-corrected chi connectivity index (χ2v) is 5.24. The maximum Gasteiger partial charge on any atom is 0.343 e. The van der Waals surface area contributed by atoms with Crippen LogP contribution in [0.1, 0.15) is 33.5 Å². The second kappa shape index (κ2) is 5.97. The molecule has 0 unspecified atom stereocenters. The number of hydrazine groups is 1. The predicted molar refractivity (Wildman–Crippen MR) is 77.7 cm³/mol. The van der Waals surface area contributed by atoms with E-state index >= 15 is 0 Å². The lowest BCUT2D eigenvalue weighted by molar-refractivity contribution is -0.131. The Balaban J connectivity index is 2.36. The number of nitrogens with one attached hydrogen (secondary N) is 1. The topological polar surface area (TPSA) is 86.8 Å². The third-order valence-corrected chi connectivity index (χ3v) is 3.64. The first-order chi connectivity index (χ1) is 10.3. The monoisotopic (exact) mass is 303 g/mol. The van der Waals surface area contributed by atoms with Crippen molar-refractivity contribution in [1.29, 1.82) is 0 Å². The highest BCUT2D eigenvalue weighted by molar-refractivity contribution is 6.04. The van der Waals surface area contributed by atoms with Crippen LogP contribution in [0.2, 0.25) is 0 Å². The van der Waals surface area contributed by atoms with Crippen LogP contribution in [0, 0.1) is 20.8 Å². The van der Waals surface area contributed by atoms with Gasteiger partial charge in [-0.15, -0.1) is 0 Å². The Morgan fingerprint density at radius 2 is 1.95 bits per heavy atom. The summed E-state index contributed by atoms with van der Waals surface area (Å²) in [4.78, 5) is 46.9. The number of nitrogens with zero attached hydrogens (tertiary/aromatic N) is 2. The summed E-state index contributed by atoms with van der Waals surface area (Å²) in [5.41, 5.74) is 2.91. The van der Waals surface area contributed by atoms with Gasteiger partial charge in [-0.05, 0) is 38.0 Å². The van der Waals surface area contributed by atoms with Crippen LogP contribution >= 0.6 is 0 Å². The van der Waals surface area contributed by atoms with Gasteiger partial charge in [0, 0.05) is 12.0 Å². The van der Waals surface area contributed by atoms with Crippen LogP contribution in [-0.2, 0) is 9.59 Å². The lowest BCUT2D eigenvalue weighted by Gasteiger charge is -2.32.